The van der Waals surface area contributed by atoms with Gasteiger partial charge < -0.3 is 0 Å². The Morgan fingerprint density at radius 1 is 1.56 bits per heavy atom. The average molecular weight is 150 g/mol. The monoisotopic (exact) mass is 150 g/mol. The highest BCUT2D eigenvalue weighted by atomic mass is 32.2. The van der Waals surface area contributed by atoms with Crippen LogP contribution >= 0.6 is 0 Å². The van der Waals surface area contributed by atoms with Crippen LogP contribution in [0.4, 0.5) is 0 Å². The van der Waals surface area contributed by atoms with Crippen LogP contribution in [0.25, 0.3) is 0 Å². The molecule has 1 radical (unpaired) electrons. The fourth-order valence-electron chi connectivity index (χ4n) is 0.461. The minimum Gasteiger partial charge on any atom is -0.239 e. The normalized spacial score (nSPS) is 15.4. The zero-order valence-corrected chi connectivity index (χ0v) is 6.53. The molecule has 0 bridgehead atoms. The minimum absolute atomic E-state index is 0.137. The minimum atomic E-state index is -3.08. The van der Waals surface area contributed by atoms with Gasteiger partial charge in [0.15, 0.2) is 9.84 Å². The summed E-state index contributed by atoms with van der Waals surface area (Å²) in [4.78, 5) is 0. The van der Waals surface area contributed by atoms with Gasteiger partial charge in [-0.3, -0.25) is 0 Å². The first kappa shape index (κ1) is 8.91. The molecule has 1 atom stereocenters. The van der Waals surface area contributed by atoms with E-state index in [2.05, 4.69) is 0 Å². The quantitative estimate of drug-likeness (QED) is 0.586. The van der Waals surface area contributed by atoms with E-state index in [-0.39, 0.29) is 5.75 Å². The zero-order chi connectivity index (χ0) is 7.49. The van der Waals surface area contributed by atoms with Crippen LogP contribution in [0, 0.1) is 0 Å². The fraction of sp³-hybridized carbons (Fsp3) is 1.00. The Bertz CT molecular complexity index is 160. The predicted molar refractivity (Wildman–Crippen MR) is 36.6 cm³/mol. The molecule has 0 rings (SSSR count). The van der Waals surface area contributed by atoms with E-state index in [1.165, 1.54) is 6.92 Å². The number of nitrogens with one attached hydrogen (secondary N) is 1. The molecule has 0 saturated carbocycles. The van der Waals surface area contributed by atoms with E-state index in [1.807, 2.05) is 0 Å². The van der Waals surface area contributed by atoms with Crippen molar-refractivity contribution in [1.29, 1.82) is 0 Å². The van der Waals surface area contributed by atoms with Crippen LogP contribution in [-0.2, 0) is 9.84 Å². The lowest BCUT2D eigenvalue weighted by atomic mass is 10.6. The Labute approximate surface area is 56.2 Å². The molecule has 1 unspecified atom stereocenters. The molecule has 0 aromatic heterocycles. The maximum Gasteiger partial charge on any atom is 0.167 e. The first-order chi connectivity index (χ1) is 4.00. The lowest BCUT2D eigenvalue weighted by molar-refractivity contribution is 0.582. The van der Waals surface area contributed by atoms with Gasteiger partial charge in [0.25, 0.3) is 0 Å². The Morgan fingerprint density at radius 3 is 2.11 bits per heavy atom. The van der Waals surface area contributed by atoms with Gasteiger partial charge in [0, 0.05) is 0 Å². The van der Waals surface area contributed by atoms with Crippen LogP contribution in [0.15, 0.2) is 0 Å². The second-order valence-corrected chi connectivity index (χ2v) is 4.45. The third kappa shape index (κ3) is 2.81. The van der Waals surface area contributed by atoms with Gasteiger partial charge in [0.2, 0.25) is 0 Å². The second kappa shape index (κ2) is 3.17. The second-order valence-electron chi connectivity index (χ2n) is 2.01. The van der Waals surface area contributed by atoms with Crippen molar-refractivity contribution >= 4 is 9.84 Å². The highest BCUT2D eigenvalue weighted by Gasteiger charge is 2.14. The molecule has 9 heavy (non-hydrogen) atoms. The maximum absolute atomic E-state index is 10.7. The molecular weight excluding hydrogens is 138 g/mol. The van der Waals surface area contributed by atoms with E-state index in [0.29, 0.717) is 6.42 Å². The Kier molecular flexibility index (Phi) is 3.14. The van der Waals surface area contributed by atoms with Gasteiger partial charge in [0.05, 0.1) is 5.75 Å². The van der Waals surface area contributed by atoms with Crippen molar-refractivity contribution in [2.75, 3.05) is 5.75 Å². The molecule has 3 nitrogen and oxygen atoms in total. The average Bonchev–Trinajstić information content (AvgIpc) is 1.65. The van der Waals surface area contributed by atoms with Crippen molar-refractivity contribution in [3.05, 3.63) is 0 Å². The number of rotatable bonds is 3. The molecule has 0 aliphatic heterocycles. The first-order valence-electron chi connectivity index (χ1n) is 2.93. The van der Waals surface area contributed by atoms with Gasteiger partial charge in [-0.15, -0.1) is 0 Å². The van der Waals surface area contributed by atoms with Crippen molar-refractivity contribution in [1.82, 2.24) is 5.73 Å². The topological polar surface area (TPSA) is 57.9 Å². The Morgan fingerprint density at radius 2 is 2.00 bits per heavy atom. The molecule has 0 aromatic rings. The molecule has 0 fully saturated rings. The fourth-order valence-corrected chi connectivity index (χ4v) is 1.38. The molecule has 0 aliphatic carbocycles. The molecule has 0 saturated heterocycles. The van der Waals surface area contributed by atoms with E-state index >= 15 is 0 Å². The molecule has 0 amide bonds. The molecule has 0 heterocycles. The lowest BCUT2D eigenvalue weighted by Gasteiger charge is -2.02. The molecule has 0 spiro atoms. The largest absolute Gasteiger partial charge is 0.239 e. The summed E-state index contributed by atoms with van der Waals surface area (Å²) in [7, 11) is -3.08. The maximum atomic E-state index is 10.7. The molecule has 0 aromatic carbocycles. The molecular formula is C5H12NO2S. The highest BCUT2D eigenvalue weighted by molar-refractivity contribution is 7.91. The summed E-state index contributed by atoms with van der Waals surface area (Å²) in [5.41, 5.74) is 6.90. The van der Waals surface area contributed by atoms with Gasteiger partial charge in [-0.1, -0.05) is 6.92 Å². The van der Waals surface area contributed by atoms with E-state index in [0.717, 1.165) is 0 Å². The number of hydrogen-bond acceptors (Lipinski definition) is 2. The van der Waals surface area contributed by atoms with Crippen LogP contribution in [0.3, 0.4) is 0 Å². The lowest BCUT2D eigenvalue weighted by Crippen LogP contribution is -2.21. The summed E-state index contributed by atoms with van der Waals surface area (Å²) in [6, 6.07) is 0. The highest BCUT2D eigenvalue weighted by Crippen LogP contribution is 1.97. The first-order valence-corrected chi connectivity index (χ1v) is 4.65. The molecule has 0 aliphatic rings. The van der Waals surface area contributed by atoms with Gasteiger partial charge in [-0.05, 0) is 13.3 Å². The molecule has 4 heteroatoms. The van der Waals surface area contributed by atoms with Crippen LogP contribution in [0.5, 0.6) is 0 Å². The predicted octanol–water partition coefficient (Wildman–Crippen LogP) is 0.440. The zero-order valence-electron chi connectivity index (χ0n) is 5.72. The summed E-state index contributed by atoms with van der Waals surface area (Å²) in [5, 5.41) is -0.961. The number of sulfone groups is 1. The van der Waals surface area contributed by atoms with Gasteiger partial charge >= 0.3 is 0 Å². The van der Waals surface area contributed by atoms with E-state index < -0.39 is 15.2 Å². The molecule has 55 valence electrons. The van der Waals surface area contributed by atoms with Crippen molar-refractivity contribution in [3.8, 4) is 0 Å². The third-order valence-corrected chi connectivity index (χ3v) is 3.08. The summed E-state index contributed by atoms with van der Waals surface area (Å²) in [6.07, 6.45) is 0.603. The Balaban J connectivity index is 4.05. The summed E-state index contributed by atoms with van der Waals surface area (Å²) in [6.45, 7) is 3.17. The summed E-state index contributed by atoms with van der Waals surface area (Å²) < 4.78 is 21.5. The Hall–Kier alpha value is -0.0900. The van der Waals surface area contributed by atoms with Crippen LogP contribution in [0.1, 0.15) is 20.3 Å². The van der Waals surface area contributed by atoms with Crippen LogP contribution in [-0.4, -0.2) is 19.5 Å². The summed E-state index contributed by atoms with van der Waals surface area (Å²) in [5.74, 6) is 0.137. The smallest absolute Gasteiger partial charge is 0.167 e. The van der Waals surface area contributed by atoms with Crippen LogP contribution < -0.4 is 5.73 Å². The van der Waals surface area contributed by atoms with E-state index in [9.17, 15) is 8.42 Å². The van der Waals surface area contributed by atoms with Gasteiger partial charge in [-0.25, -0.2) is 14.2 Å². The van der Waals surface area contributed by atoms with E-state index in [4.69, 9.17) is 5.73 Å². The standard InChI is InChI=1S/C5H12NO2S/c1-3-4-9(7,8)5(2)6/h5-6H,3-4H2,1-2H3. The number of hydrogen-bond donors (Lipinski definition) is 0. The van der Waals surface area contributed by atoms with Gasteiger partial charge in [0.1, 0.15) is 5.37 Å². The summed E-state index contributed by atoms with van der Waals surface area (Å²) >= 11 is 0. The van der Waals surface area contributed by atoms with E-state index in [1.54, 1.807) is 6.92 Å². The van der Waals surface area contributed by atoms with Gasteiger partial charge in [-0.2, -0.15) is 0 Å². The van der Waals surface area contributed by atoms with Crippen molar-refractivity contribution in [2.24, 2.45) is 0 Å². The SMILES string of the molecule is CCCS(=O)(=O)C(C)[NH]. The van der Waals surface area contributed by atoms with Crippen molar-refractivity contribution in [3.63, 3.8) is 0 Å². The van der Waals surface area contributed by atoms with Crippen LogP contribution in [0.2, 0.25) is 0 Å². The molecule has 1 N–H and O–H groups in total. The van der Waals surface area contributed by atoms with Crippen molar-refractivity contribution < 1.29 is 8.42 Å². The third-order valence-electron chi connectivity index (χ3n) is 1.03. The van der Waals surface area contributed by atoms with Crippen molar-refractivity contribution in [2.45, 2.75) is 25.6 Å².